The summed E-state index contributed by atoms with van der Waals surface area (Å²) in [6.45, 7) is 2.78. The fourth-order valence-corrected chi connectivity index (χ4v) is 5.32. The third kappa shape index (κ3) is 2.91. The summed E-state index contributed by atoms with van der Waals surface area (Å²) in [5.74, 6) is -0.816. The normalized spacial score (nSPS) is 31.9. The molecule has 4 heterocycles. The number of likely N-dealkylation sites (tertiary alicyclic amines) is 1. The Bertz CT molecular complexity index is 1180. The SMILES string of the molecule is CC12C=CC=CC1C(=O)N(C[C@@H]1OC(=O)N3c4ccc(N5CCOCC5=O)cc4OC[C@@H]13)C2=O. The summed E-state index contributed by atoms with van der Waals surface area (Å²) in [5.41, 5.74) is 0.274. The molecule has 10 nitrogen and oxygen atoms in total. The molecule has 3 fully saturated rings. The summed E-state index contributed by atoms with van der Waals surface area (Å²) in [6.07, 6.45) is 5.75. The monoisotopic (exact) mass is 465 g/mol. The van der Waals surface area contributed by atoms with Crippen molar-refractivity contribution in [3.8, 4) is 5.75 Å². The number of hydrogen-bond donors (Lipinski definition) is 0. The number of anilines is 2. The minimum atomic E-state index is -0.920. The van der Waals surface area contributed by atoms with Crippen molar-refractivity contribution < 1.29 is 33.4 Å². The number of nitrogens with zero attached hydrogens (tertiary/aromatic N) is 3. The van der Waals surface area contributed by atoms with Crippen molar-refractivity contribution in [2.24, 2.45) is 11.3 Å². The number of morpholine rings is 1. The first-order valence-corrected chi connectivity index (χ1v) is 11.2. The molecule has 1 aromatic carbocycles. The van der Waals surface area contributed by atoms with E-state index in [1.54, 1.807) is 54.3 Å². The van der Waals surface area contributed by atoms with E-state index in [2.05, 4.69) is 0 Å². The Morgan fingerprint density at radius 2 is 2.00 bits per heavy atom. The molecule has 0 bridgehead atoms. The van der Waals surface area contributed by atoms with Crippen LogP contribution in [0.15, 0.2) is 42.5 Å². The average molecular weight is 465 g/mol. The Morgan fingerprint density at radius 1 is 1.15 bits per heavy atom. The van der Waals surface area contributed by atoms with Crippen LogP contribution in [0.4, 0.5) is 16.2 Å². The number of ether oxygens (including phenoxy) is 3. The average Bonchev–Trinajstić information content (AvgIpc) is 3.26. The highest BCUT2D eigenvalue weighted by Gasteiger charge is 2.57. The second-order valence-electron chi connectivity index (χ2n) is 9.18. The van der Waals surface area contributed by atoms with Crippen LogP contribution in [0.3, 0.4) is 0 Å². The van der Waals surface area contributed by atoms with Gasteiger partial charge >= 0.3 is 6.09 Å². The Morgan fingerprint density at radius 3 is 2.79 bits per heavy atom. The van der Waals surface area contributed by atoms with E-state index in [4.69, 9.17) is 14.2 Å². The highest BCUT2D eigenvalue weighted by Crippen LogP contribution is 2.44. The van der Waals surface area contributed by atoms with E-state index >= 15 is 0 Å². The molecule has 4 atom stereocenters. The maximum Gasteiger partial charge on any atom is 0.415 e. The van der Waals surface area contributed by atoms with Gasteiger partial charge in [-0.05, 0) is 19.1 Å². The molecule has 0 saturated carbocycles. The van der Waals surface area contributed by atoms with Crippen LogP contribution in [-0.4, -0.2) is 73.8 Å². The lowest BCUT2D eigenvalue weighted by molar-refractivity contribution is -0.142. The van der Waals surface area contributed by atoms with Crippen molar-refractivity contribution in [2.45, 2.75) is 19.1 Å². The summed E-state index contributed by atoms with van der Waals surface area (Å²) in [6, 6.07) is 4.72. The van der Waals surface area contributed by atoms with E-state index in [0.29, 0.717) is 30.3 Å². The molecule has 34 heavy (non-hydrogen) atoms. The number of hydrogen-bond acceptors (Lipinski definition) is 7. The number of fused-ring (bicyclic) bond motifs is 4. The number of carbonyl (C=O) groups is 4. The first kappa shape index (κ1) is 20.9. The zero-order valence-electron chi connectivity index (χ0n) is 18.5. The number of allylic oxidation sites excluding steroid dienone is 2. The summed E-state index contributed by atoms with van der Waals surface area (Å²) >= 11 is 0. The van der Waals surface area contributed by atoms with Gasteiger partial charge in [0.1, 0.15) is 31.1 Å². The Balaban J connectivity index is 1.24. The third-order valence-corrected chi connectivity index (χ3v) is 7.22. The van der Waals surface area contributed by atoms with Gasteiger partial charge in [-0.15, -0.1) is 0 Å². The molecule has 0 N–H and O–H groups in total. The first-order valence-electron chi connectivity index (χ1n) is 11.2. The molecule has 0 spiro atoms. The molecule has 5 aliphatic rings. The lowest BCUT2D eigenvalue weighted by Crippen LogP contribution is -2.49. The lowest BCUT2D eigenvalue weighted by atomic mass is 9.76. The quantitative estimate of drug-likeness (QED) is 0.619. The number of carbonyl (C=O) groups excluding carboxylic acids is 4. The topological polar surface area (TPSA) is 106 Å². The van der Waals surface area contributed by atoms with Crippen LogP contribution in [0.1, 0.15) is 6.92 Å². The minimum Gasteiger partial charge on any atom is -0.489 e. The molecule has 3 saturated heterocycles. The summed E-state index contributed by atoms with van der Waals surface area (Å²) < 4.78 is 16.8. The fraction of sp³-hybridized carbons (Fsp3) is 0.417. The van der Waals surface area contributed by atoms with E-state index < -0.39 is 29.6 Å². The molecule has 1 aliphatic carbocycles. The molecular formula is C24H23N3O7. The number of cyclic esters (lactones) is 1. The summed E-state index contributed by atoms with van der Waals surface area (Å²) in [5, 5.41) is 0. The van der Waals surface area contributed by atoms with Crippen LogP contribution in [0.2, 0.25) is 0 Å². The van der Waals surface area contributed by atoms with Gasteiger partial charge in [0.25, 0.3) is 5.91 Å². The van der Waals surface area contributed by atoms with Crippen LogP contribution in [0, 0.1) is 11.3 Å². The van der Waals surface area contributed by atoms with Gasteiger partial charge < -0.3 is 19.1 Å². The van der Waals surface area contributed by atoms with Gasteiger partial charge in [-0.3, -0.25) is 24.2 Å². The molecule has 0 aromatic heterocycles. The van der Waals surface area contributed by atoms with Gasteiger partial charge in [-0.25, -0.2) is 4.79 Å². The molecular weight excluding hydrogens is 442 g/mol. The van der Waals surface area contributed by atoms with Crippen LogP contribution in [-0.2, 0) is 23.9 Å². The van der Waals surface area contributed by atoms with Gasteiger partial charge in [-0.1, -0.05) is 24.3 Å². The molecule has 1 aromatic rings. The van der Waals surface area contributed by atoms with E-state index in [1.807, 2.05) is 0 Å². The van der Waals surface area contributed by atoms with Gasteiger partial charge in [0.05, 0.1) is 30.2 Å². The highest BCUT2D eigenvalue weighted by atomic mass is 16.6. The Hall–Kier alpha value is -3.66. The van der Waals surface area contributed by atoms with Gasteiger partial charge in [0.15, 0.2) is 0 Å². The van der Waals surface area contributed by atoms with Crippen LogP contribution in [0.5, 0.6) is 5.75 Å². The number of imide groups is 1. The molecule has 176 valence electrons. The van der Waals surface area contributed by atoms with Crippen LogP contribution in [0.25, 0.3) is 0 Å². The van der Waals surface area contributed by atoms with Crippen LogP contribution < -0.4 is 14.5 Å². The van der Waals surface area contributed by atoms with E-state index in [-0.39, 0.29) is 37.5 Å². The van der Waals surface area contributed by atoms with Crippen molar-refractivity contribution in [2.75, 3.05) is 42.7 Å². The predicted molar refractivity (Wildman–Crippen MR) is 118 cm³/mol. The van der Waals surface area contributed by atoms with Gasteiger partial charge in [0, 0.05) is 18.3 Å². The van der Waals surface area contributed by atoms with Crippen molar-refractivity contribution in [1.29, 1.82) is 0 Å². The van der Waals surface area contributed by atoms with Crippen molar-refractivity contribution in [3.05, 3.63) is 42.5 Å². The maximum absolute atomic E-state index is 13.1. The zero-order valence-corrected chi connectivity index (χ0v) is 18.5. The third-order valence-electron chi connectivity index (χ3n) is 7.22. The predicted octanol–water partition coefficient (Wildman–Crippen LogP) is 1.25. The molecule has 2 unspecified atom stereocenters. The highest BCUT2D eigenvalue weighted by molar-refractivity contribution is 6.09. The lowest BCUT2D eigenvalue weighted by Gasteiger charge is -2.33. The Labute approximate surface area is 195 Å². The fourth-order valence-electron chi connectivity index (χ4n) is 5.32. The van der Waals surface area contributed by atoms with Crippen molar-refractivity contribution >= 4 is 35.2 Å². The summed E-state index contributed by atoms with van der Waals surface area (Å²) in [4.78, 5) is 55.4. The number of rotatable bonds is 3. The van der Waals surface area contributed by atoms with Crippen LogP contribution >= 0.6 is 0 Å². The smallest absolute Gasteiger partial charge is 0.415 e. The van der Waals surface area contributed by atoms with Gasteiger partial charge in [0.2, 0.25) is 11.8 Å². The number of amides is 4. The molecule has 4 aliphatic heterocycles. The van der Waals surface area contributed by atoms with Gasteiger partial charge in [-0.2, -0.15) is 0 Å². The molecule has 10 heteroatoms. The second-order valence-corrected chi connectivity index (χ2v) is 9.18. The zero-order chi connectivity index (χ0) is 23.6. The minimum absolute atomic E-state index is 0.0274. The molecule has 0 radical (unpaired) electrons. The van der Waals surface area contributed by atoms with E-state index in [1.165, 1.54) is 9.80 Å². The largest absolute Gasteiger partial charge is 0.489 e. The first-order chi connectivity index (χ1) is 16.4. The standard InChI is InChI=1S/C24H23N3O7/c1-24-7-3-2-4-15(24)21(29)26(22(24)30)11-19-17-12-33-18-10-14(25-8-9-32-13-20(25)28)5-6-16(18)27(17)23(31)34-19/h2-7,10,15,17,19H,8-9,11-13H2,1H3/t15?,17-,19-,24?/m0/s1. The van der Waals surface area contributed by atoms with Crippen molar-refractivity contribution in [1.82, 2.24) is 4.90 Å². The Kier molecular flexibility index (Phi) is 4.57. The maximum atomic E-state index is 13.1. The van der Waals surface area contributed by atoms with Crippen molar-refractivity contribution in [3.63, 3.8) is 0 Å². The number of benzene rings is 1. The summed E-state index contributed by atoms with van der Waals surface area (Å²) in [7, 11) is 0. The molecule has 6 rings (SSSR count). The second kappa shape index (κ2) is 7.42. The van der Waals surface area contributed by atoms with E-state index in [0.717, 1.165) is 0 Å². The van der Waals surface area contributed by atoms with E-state index in [9.17, 15) is 19.2 Å². The molecule has 4 amide bonds.